The number of nitrogens with zero attached hydrogens (tertiary/aromatic N) is 4. The highest BCUT2D eigenvalue weighted by Crippen LogP contribution is 2.35. The summed E-state index contributed by atoms with van der Waals surface area (Å²) in [5.74, 6) is -1.79. The van der Waals surface area contributed by atoms with Crippen LogP contribution in [0.15, 0.2) is 61.1 Å². The van der Waals surface area contributed by atoms with Gasteiger partial charge in [-0.25, -0.2) is 13.3 Å². The van der Waals surface area contributed by atoms with Crippen molar-refractivity contribution in [3.63, 3.8) is 0 Å². The van der Waals surface area contributed by atoms with Gasteiger partial charge in [0, 0.05) is 49.4 Å². The first kappa shape index (κ1) is 18.8. The first-order valence-corrected chi connectivity index (χ1v) is 9.86. The molecule has 0 bridgehead atoms. The third-order valence-electron chi connectivity index (χ3n) is 5.51. The minimum absolute atomic E-state index is 0.267. The van der Waals surface area contributed by atoms with E-state index in [4.69, 9.17) is 5.10 Å². The van der Waals surface area contributed by atoms with Crippen LogP contribution in [0.25, 0.3) is 27.9 Å². The van der Waals surface area contributed by atoms with Crippen LogP contribution >= 0.6 is 0 Å². The number of fused-ring (bicyclic) bond motifs is 1. The lowest BCUT2D eigenvalue weighted by Crippen LogP contribution is -2.21. The maximum atomic E-state index is 13.9. The van der Waals surface area contributed by atoms with Crippen LogP contribution in [-0.2, 0) is 6.54 Å². The molecule has 1 N–H and O–H groups in total. The lowest BCUT2D eigenvalue weighted by molar-refractivity contribution is 0.174. The zero-order chi connectivity index (χ0) is 20.7. The molecule has 0 amide bonds. The highest BCUT2D eigenvalue weighted by atomic mass is 19.2. The zero-order valence-corrected chi connectivity index (χ0v) is 16.2. The number of pyridine rings is 2. The maximum absolute atomic E-state index is 13.9. The Morgan fingerprint density at radius 1 is 1.00 bits per heavy atom. The first-order valence-electron chi connectivity index (χ1n) is 9.86. The normalized spacial score (nSPS) is 17.1. The number of hydrogen-bond donors (Lipinski definition) is 1. The van der Waals surface area contributed by atoms with Gasteiger partial charge in [-0.05, 0) is 53.9 Å². The van der Waals surface area contributed by atoms with Gasteiger partial charge >= 0.3 is 0 Å². The Kier molecular flexibility index (Phi) is 4.77. The van der Waals surface area contributed by atoms with Crippen LogP contribution in [0, 0.1) is 11.6 Å². The Morgan fingerprint density at radius 3 is 2.57 bits per heavy atom. The number of halogens is 2. The molecule has 1 aliphatic heterocycles. The molecule has 1 aromatic carbocycles. The molecule has 0 radical (unpaired) electrons. The summed E-state index contributed by atoms with van der Waals surface area (Å²) in [6.45, 7) is 2.25. The summed E-state index contributed by atoms with van der Waals surface area (Å²) in [6, 6.07) is 11.6. The third-order valence-corrected chi connectivity index (χ3v) is 5.51. The Morgan fingerprint density at radius 2 is 1.83 bits per heavy atom. The molecule has 0 aliphatic carbocycles. The summed E-state index contributed by atoms with van der Waals surface area (Å²) in [5.41, 5.74) is 4.76. The largest absolute Gasteiger partial charge is 0.392 e. The monoisotopic (exact) mass is 406 g/mol. The number of benzene rings is 1. The fourth-order valence-corrected chi connectivity index (χ4v) is 4.05. The van der Waals surface area contributed by atoms with Crippen molar-refractivity contribution in [2.24, 2.45) is 0 Å². The van der Waals surface area contributed by atoms with E-state index in [0.29, 0.717) is 17.8 Å². The molecule has 152 valence electrons. The molecule has 30 heavy (non-hydrogen) atoms. The highest BCUT2D eigenvalue weighted by molar-refractivity contribution is 5.92. The summed E-state index contributed by atoms with van der Waals surface area (Å²) >= 11 is 0. The molecule has 0 saturated carbocycles. The fourth-order valence-electron chi connectivity index (χ4n) is 4.05. The minimum atomic E-state index is -0.904. The quantitative estimate of drug-likeness (QED) is 0.558. The van der Waals surface area contributed by atoms with E-state index in [1.165, 1.54) is 12.1 Å². The molecule has 5 nitrogen and oxygen atoms in total. The predicted molar refractivity (Wildman–Crippen MR) is 110 cm³/mol. The molecule has 7 heteroatoms. The van der Waals surface area contributed by atoms with Crippen LogP contribution in [0.4, 0.5) is 8.78 Å². The van der Waals surface area contributed by atoms with Crippen molar-refractivity contribution in [2.45, 2.75) is 19.1 Å². The zero-order valence-electron chi connectivity index (χ0n) is 16.2. The predicted octanol–water partition coefficient (Wildman–Crippen LogP) is 3.91. The second kappa shape index (κ2) is 7.59. The van der Waals surface area contributed by atoms with Crippen LogP contribution in [0.1, 0.15) is 12.0 Å². The highest BCUT2D eigenvalue weighted by Gasteiger charge is 2.21. The Balaban J connectivity index is 1.63. The summed E-state index contributed by atoms with van der Waals surface area (Å²) < 4.78 is 29.2. The van der Waals surface area contributed by atoms with Gasteiger partial charge in [0.25, 0.3) is 0 Å². The molecule has 1 aliphatic rings. The van der Waals surface area contributed by atoms with Gasteiger partial charge in [-0.2, -0.15) is 5.10 Å². The second-order valence-corrected chi connectivity index (χ2v) is 7.63. The van der Waals surface area contributed by atoms with Crippen molar-refractivity contribution < 1.29 is 13.9 Å². The van der Waals surface area contributed by atoms with Gasteiger partial charge in [0.05, 0.1) is 11.6 Å². The van der Waals surface area contributed by atoms with Gasteiger partial charge in [0.15, 0.2) is 11.6 Å². The van der Waals surface area contributed by atoms with Gasteiger partial charge < -0.3 is 5.11 Å². The van der Waals surface area contributed by atoms with Gasteiger partial charge in [-0.1, -0.05) is 6.07 Å². The molecular formula is C23H20F2N4O. The van der Waals surface area contributed by atoms with Crippen molar-refractivity contribution in [1.29, 1.82) is 0 Å². The lowest BCUT2D eigenvalue weighted by Gasteiger charge is -2.14. The molecule has 0 spiro atoms. The first-order chi connectivity index (χ1) is 14.6. The molecule has 5 rings (SSSR count). The number of aliphatic hydroxyl groups excluding tert-OH is 1. The number of aromatic nitrogens is 3. The summed E-state index contributed by atoms with van der Waals surface area (Å²) in [6.07, 6.45) is 5.86. The van der Waals surface area contributed by atoms with Crippen LogP contribution in [0.3, 0.4) is 0 Å². The van der Waals surface area contributed by atoms with E-state index in [0.717, 1.165) is 47.8 Å². The van der Waals surface area contributed by atoms with Crippen LogP contribution in [0.5, 0.6) is 0 Å². The molecule has 4 aromatic rings. The average Bonchev–Trinajstić information content (AvgIpc) is 3.33. The van der Waals surface area contributed by atoms with E-state index in [2.05, 4.69) is 9.88 Å². The van der Waals surface area contributed by atoms with E-state index in [1.54, 1.807) is 16.9 Å². The van der Waals surface area contributed by atoms with Crippen molar-refractivity contribution in [3.05, 3.63) is 78.3 Å². The van der Waals surface area contributed by atoms with E-state index in [1.807, 2.05) is 30.5 Å². The Bertz CT molecular complexity index is 1210. The molecule has 1 atom stereocenters. The maximum Gasteiger partial charge on any atom is 0.159 e. The molecule has 4 heterocycles. The van der Waals surface area contributed by atoms with Crippen molar-refractivity contribution >= 4 is 5.52 Å². The minimum Gasteiger partial charge on any atom is -0.392 e. The number of aliphatic hydroxyl groups is 1. The third kappa shape index (κ3) is 3.46. The molecular weight excluding hydrogens is 386 g/mol. The van der Waals surface area contributed by atoms with Crippen molar-refractivity contribution in [2.75, 3.05) is 13.1 Å². The van der Waals surface area contributed by atoms with E-state index < -0.39 is 11.6 Å². The van der Waals surface area contributed by atoms with E-state index in [-0.39, 0.29) is 6.10 Å². The summed E-state index contributed by atoms with van der Waals surface area (Å²) in [4.78, 5) is 6.28. The smallest absolute Gasteiger partial charge is 0.159 e. The Hall–Kier alpha value is -3.16. The van der Waals surface area contributed by atoms with Crippen molar-refractivity contribution in [1.82, 2.24) is 19.5 Å². The fraction of sp³-hybridized carbons (Fsp3) is 0.217. The number of β-amino-alcohol motifs (C(OH)–C–C–N with tert-alkyl or cyclic N) is 1. The molecule has 1 saturated heterocycles. The van der Waals surface area contributed by atoms with Gasteiger partial charge in [-0.3, -0.25) is 9.88 Å². The summed E-state index contributed by atoms with van der Waals surface area (Å²) in [7, 11) is 0. The standard InChI is InChI=1S/C23H20F2N4O/c24-19-3-2-17(11-20(19)25)23-22(16-5-8-26-9-6-16)21-4-1-15(13-29(21)27-23)12-28-10-7-18(30)14-28/h1-6,8-9,11,13,18,30H,7,10,12,14H2/t18-/m0/s1. The molecule has 0 unspecified atom stereocenters. The Labute approximate surface area is 172 Å². The van der Waals surface area contributed by atoms with E-state index in [9.17, 15) is 13.9 Å². The second-order valence-electron chi connectivity index (χ2n) is 7.63. The summed E-state index contributed by atoms with van der Waals surface area (Å²) in [5, 5.41) is 14.5. The van der Waals surface area contributed by atoms with Crippen LogP contribution in [0.2, 0.25) is 0 Å². The topological polar surface area (TPSA) is 53.7 Å². The van der Waals surface area contributed by atoms with Crippen LogP contribution < -0.4 is 0 Å². The van der Waals surface area contributed by atoms with E-state index >= 15 is 0 Å². The van der Waals surface area contributed by atoms with Gasteiger partial charge in [0.2, 0.25) is 0 Å². The lowest BCUT2D eigenvalue weighted by atomic mass is 10.0. The number of rotatable bonds is 4. The average molecular weight is 406 g/mol. The number of likely N-dealkylation sites (tertiary alicyclic amines) is 1. The molecule has 1 fully saturated rings. The molecule has 3 aromatic heterocycles. The van der Waals surface area contributed by atoms with Gasteiger partial charge in [-0.15, -0.1) is 0 Å². The van der Waals surface area contributed by atoms with Crippen molar-refractivity contribution in [3.8, 4) is 22.4 Å². The number of hydrogen-bond acceptors (Lipinski definition) is 4. The van der Waals surface area contributed by atoms with Gasteiger partial charge in [0.1, 0.15) is 5.69 Å². The SMILES string of the molecule is O[C@H]1CCN(Cc2ccc3c(-c4ccncc4)c(-c4ccc(F)c(F)c4)nn3c2)C1. The van der Waals surface area contributed by atoms with Crippen LogP contribution in [-0.4, -0.2) is 43.8 Å².